The first-order valence-electron chi connectivity index (χ1n) is 8.65. The molecule has 2 aromatic rings. The summed E-state index contributed by atoms with van der Waals surface area (Å²) in [4.78, 5) is 31.3. The molecule has 0 saturated heterocycles. The van der Waals surface area contributed by atoms with E-state index in [1.54, 1.807) is 25.6 Å². The van der Waals surface area contributed by atoms with E-state index in [0.29, 0.717) is 36.7 Å². The van der Waals surface area contributed by atoms with Gasteiger partial charge in [-0.15, -0.1) is 0 Å². The van der Waals surface area contributed by atoms with Crippen molar-refractivity contribution in [1.82, 2.24) is 25.1 Å². The molecule has 26 heavy (non-hydrogen) atoms. The number of nitrogens with zero attached hydrogens (tertiary/aromatic N) is 3. The van der Waals surface area contributed by atoms with Crippen LogP contribution in [0.3, 0.4) is 0 Å². The minimum Gasteiger partial charge on any atom is -0.383 e. The lowest BCUT2D eigenvalue weighted by atomic mass is 10.1. The first-order chi connectivity index (χ1) is 12.2. The fourth-order valence-electron chi connectivity index (χ4n) is 2.85. The molecule has 8 heteroatoms. The largest absolute Gasteiger partial charge is 0.383 e. The highest BCUT2D eigenvalue weighted by Gasteiger charge is 2.17. The number of amides is 1. The molecule has 0 saturated carbocycles. The van der Waals surface area contributed by atoms with Gasteiger partial charge < -0.3 is 10.1 Å². The van der Waals surface area contributed by atoms with Gasteiger partial charge in [-0.3, -0.25) is 14.6 Å². The van der Waals surface area contributed by atoms with Gasteiger partial charge in [-0.1, -0.05) is 0 Å². The van der Waals surface area contributed by atoms with E-state index in [1.165, 1.54) is 0 Å². The lowest BCUT2D eigenvalue weighted by Crippen LogP contribution is -2.35. The predicted molar refractivity (Wildman–Crippen MR) is 98.7 cm³/mol. The summed E-state index contributed by atoms with van der Waals surface area (Å²) < 4.78 is 6.65. The van der Waals surface area contributed by atoms with E-state index >= 15 is 0 Å². The van der Waals surface area contributed by atoms with Crippen molar-refractivity contribution in [3.63, 3.8) is 0 Å². The summed E-state index contributed by atoms with van der Waals surface area (Å²) in [6.07, 6.45) is 0.927. The van der Waals surface area contributed by atoms with Gasteiger partial charge in [-0.05, 0) is 46.6 Å². The SMILES string of the molecule is COC[C@H](C)NC(=O)CCc1c(C)nn(-c2nc(C)c(C)c(=O)[nH]2)c1C. The van der Waals surface area contributed by atoms with Crippen LogP contribution in [-0.4, -0.2) is 45.4 Å². The van der Waals surface area contributed by atoms with Gasteiger partial charge in [0.15, 0.2) is 0 Å². The maximum atomic E-state index is 12.1. The van der Waals surface area contributed by atoms with E-state index in [2.05, 4.69) is 20.4 Å². The first kappa shape index (κ1) is 19.8. The van der Waals surface area contributed by atoms with E-state index in [4.69, 9.17) is 4.74 Å². The minimum atomic E-state index is -0.173. The number of methoxy groups -OCH3 is 1. The Morgan fingerprint density at radius 2 is 1.96 bits per heavy atom. The Balaban J connectivity index is 2.18. The number of hydrogen-bond donors (Lipinski definition) is 2. The second-order valence-electron chi connectivity index (χ2n) is 6.59. The number of carbonyl (C=O) groups excluding carboxylic acids is 1. The summed E-state index contributed by atoms with van der Waals surface area (Å²) in [6, 6.07) is -0.0257. The van der Waals surface area contributed by atoms with Gasteiger partial charge in [0.25, 0.3) is 5.56 Å². The van der Waals surface area contributed by atoms with Gasteiger partial charge in [0.05, 0.1) is 12.3 Å². The Kier molecular flexibility index (Phi) is 6.31. The number of H-pyrrole nitrogens is 1. The Hall–Kier alpha value is -2.48. The van der Waals surface area contributed by atoms with Crippen molar-refractivity contribution >= 4 is 5.91 Å². The van der Waals surface area contributed by atoms with Gasteiger partial charge in [0, 0.05) is 36.5 Å². The molecule has 1 amide bonds. The fourth-order valence-corrected chi connectivity index (χ4v) is 2.85. The molecule has 8 nitrogen and oxygen atoms in total. The van der Waals surface area contributed by atoms with Crippen LogP contribution in [0.25, 0.3) is 5.95 Å². The zero-order valence-corrected chi connectivity index (χ0v) is 16.3. The van der Waals surface area contributed by atoms with Crippen LogP contribution in [0.15, 0.2) is 4.79 Å². The Labute approximate surface area is 153 Å². The Bertz CT molecular complexity index is 853. The van der Waals surface area contributed by atoms with E-state index in [-0.39, 0.29) is 17.5 Å². The third-order valence-corrected chi connectivity index (χ3v) is 4.45. The molecule has 2 rings (SSSR count). The Morgan fingerprint density at radius 3 is 2.58 bits per heavy atom. The van der Waals surface area contributed by atoms with Crippen LogP contribution in [0.5, 0.6) is 0 Å². The highest BCUT2D eigenvalue weighted by atomic mass is 16.5. The van der Waals surface area contributed by atoms with Crippen LogP contribution in [0, 0.1) is 27.7 Å². The lowest BCUT2D eigenvalue weighted by molar-refractivity contribution is -0.122. The number of rotatable bonds is 7. The molecule has 2 heterocycles. The maximum Gasteiger partial charge on any atom is 0.255 e. The van der Waals surface area contributed by atoms with Crippen LogP contribution >= 0.6 is 0 Å². The number of hydrogen-bond acceptors (Lipinski definition) is 5. The summed E-state index contributed by atoms with van der Waals surface area (Å²) in [5.41, 5.74) is 3.77. The average Bonchev–Trinajstić information content (AvgIpc) is 2.85. The van der Waals surface area contributed by atoms with Crippen molar-refractivity contribution in [2.75, 3.05) is 13.7 Å². The molecular formula is C18H27N5O3. The van der Waals surface area contributed by atoms with Gasteiger partial charge in [-0.25, -0.2) is 9.67 Å². The summed E-state index contributed by atoms with van der Waals surface area (Å²) in [5.74, 6) is 0.363. The first-order valence-corrected chi connectivity index (χ1v) is 8.65. The smallest absolute Gasteiger partial charge is 0.255 e. The highest BCUT2D eigenvalue weighted by molar-refractivity contribution is 5.76. The molecule has 2 N–H and O–H groups in total. The molecule has 0 radical (unpaired) electrons. The van der Waals surface area contributed by atoms with E-state index < -0.39 is 0 Å². The topological polar surface area (TPSA) is 102 Å². The number of ether oxygens (including phenoxy) is 1. The van der Waals surface area contributed by atoms with Gasteiger partial charge >= 0.3 is 0 Å². The molecule has 142 valence electrons. The monoisotopic (exact) mass is 361 g/mol. The van der Waals surface area contributed by atoms with E-state index in [0.717, 1.165) is 17.0 Å². The molecule has 0 bridgehead atoms. The van der Waals surface area contributed by atoms with Crippen molar-refractivity contribution in [1.29, 1.82) is 0 Å². The standard InChI is InChI=1S/C18H27N5O3/c1-10(9-26-6)19-16(24)8-7-15-13(4)22-23(14(15)5)18-20-12(3)11(2)17(25)21-18/h10H,7-9H2,1-6H3,(H,19,24)(H,20,21,25)/t10-/m0/s1. The number of aromatic amines is 1. The van der Waals surface area contributed by atoms with E-state index in [1.807, 2.05) is 20.8 Å². The quantitative estimate of drug-likeness (QED) is 0.773. The fraction of sp³-hybridized carbons (Fsp3) is 0.556. The molecule has 2 aromatic heterocycles. The molecule has 0 spiro atoms. The zero-order chi connectivity index (χ0) is 19.4. The van der Waals surface area contributed by atoms with Crippen molar-refractivity contribution in [3.05, 3.63) is 38.6 Å². The van der Waals surface area contributed by atoms with Crippen LogP contribution in [-0.2, 0) is 16.0 Å². The van der Waals surface area contributed by atoms with Gasteiger partial charge in [0.1, 0.15) is 0 Å². The predicted octanol–water partition coefficient (Wildman–Crippen LogP) is 1.27. The highest BCUT2D eigenvalue weighted by Crippen LogP contribution is 2.17. The minimum absolute atomic E-state index is 0.0257. The second-order valence-corrected chi connectivity index (χ2v) is 6.59. The summed E-state index contributed by atoms with van der Waals surface area (Å²) in [7, 11) is 1.61. The number of carbonyl (C=O) groups is 1. The van der Waals surface area contributed by atoms with Crippen molar-refractivity contribution in [2.24, 2.45) is 0 Å². The van der Waals surface area contributed by atoms with Crippen molar-refractivity contribution in [3.8, 4) is 5.95 Å². The molecular weight excluding hydrogens is 334 g/mol. The maximum absolute atomic E-state index is 12.1. The van der Waals surface area contributed by atoms with Crippen molar-refractivity contribution < 1.29 is 9.53 Å². The summed E-state index contributed by atoms with van der Waals surface area (Å²) in [5, 5.41) is 7.39. The lowest BCUT2D eigenvalue weighted by Gasteiger charge is -2.12. The summed E-state index contributed by atoms with van der Waals surface area (Å²) in [6.45, 7) is 9.72. The van der Waals surface area contributed by atoms with Gasteiger partial charge in [-0.2, -0.15) is 5.10 Å². The zero-order valence-electron chi connectivity index (χ0n) is 16.3. The number of nitrogens with one attached hydrogen (secondary N) is 2. The summed E-state index contributed by atoms with van der Waals surface area (Å²) >= 11 is 0. The van der Waals surface area contributed by atoms with Crippen LogP contribution < -0.4 is 10.9 Å². The molecule has 0 aliphatic heterocycles. The molecule has 1 atom stereocenters. The van der Waals surface area contributed by atoms with Crippen LogP contribution in [0.4, 0.5) is 0 Å². The van der Waals surface area contributed by atoms with Crippen LogP contribution in [0.2, 0.25) is 0 Å². The second kappa shape index (κ2) is 8.27. The van der Waals surface area contributed by atoms with Crippen molar-refractivity contribution in [2.45, 2.75) is 53.5 Å². The third-order valence-electron chi connectivity index (χ3n) is 4.45. The van der Waals surface area contributed by atoms with Gasteiger partial charge in [0.2, 0.25) is 11.9 Å². The number of aromatic nitrogens is 4. The number of aryl methyl sites for hydroxylation is 2. The van der Waals surface area contributed by atoms with E-state index in [9.17, 15) is 9.59 Å². The third kappa shape index (κ3) is 4.37. The average molecular weight is 361 g/mol. The Morgan fingerprint density at radius 1 is 1.27 bits per heavy atom. The molecule has 0 aliphatic rings. The molecule has 0 aromatic carbocycles. The normalized spacial score (nSPS) is 12.2. The van der Waals surface area contributed by atoms with Crippen LogP contribution in [0.1, 0.15) is 41.6 Å². The molecule has 0 fully saturated rings. The molecule has 0 aliphatic carbocycles. The molecule has 0 unspecified atom stereocenters.